The highest BCUT2D eigenvalue weighted by Crippen LogP contribution is 2.25. The Morgan fingerprint density at radius 3 is 2.71 bits per heavy atom. The van der Waals surface area contributed by atoms with Gasteiger partial charge in [0.15, 0.2) is 5.96 Å². The van der Waals surface area contributed by atoms with E-state index in [0.29, 0.717) is 0 Å². The van der Waals surface area contributed by atoms with Gasteiger partial charge in [-0.15, -0.1) is 0 Å². The first-order chi connectivity index (χ1) is 11.8. The van der Waals surface area contributed by atoms with E-state index in [9.17, 15) is 0 Å². The molecule has 1 aliphatic rings. The zero-order valence-electron chi connectivity index (χ0n) is 15.3. The molecule has 24 heavy (non-hydrogen) atoms. The van der Waals surface area contributed by atoms with Crippen LogP contribution in [-0.4, -0.2) is 56.7 Å². The maximum Gasteiger partial charge on any atom is 0.191 e. The number of hydrogen-bond donors (Lipinski definition) is 2. The summed E-state index contributed by atoms with van der Waals surface area (Å²) in [4.78, 5) is 7.24. The molecule has 0 atom stereocenters. The quantitative estimate of drug-likeness (QED) is 0.510. The molecule has 2 N–H and O–H groups in total. The van der Waals surface area contributed by atoms with E-state index in [4.69, 9.17) is 9.73 Å². The van der Waals surface area contributed by atoms with E-state index in [1.807, 2.05) is 18.2 Å². The number of rotatable bonds is 10. The number of methoxy groups -OCH3 is 1. The first-order valence-electron chi connectivity index (χ1n) is 9.16. The van der Waals surface area contributed by atoms with Crippen molar-refractivity contribution in [3.8, 4) is 5.75 Å². The summed E-state index contributed by atoms with van der Waals surface area (Å²) < 4.78 is 5.40. The lowest BCUT2D eigenvalue weighted by Gasteiger charge is -2.19. The average molecular weight is 332 g/mol. The molecule has 0 aliphatic heterocycles. The summed E-state index contributed by atoms with van der Waals surface area (Å²) in [6, 6.07) is 8.98. The second-order valence-corrected chi connectivity index (χ2v) is 6.11. The molecule has 1 aromatic carbocycles. The Kier molecular flexibility index (Phi) is 7.89. The van der Waals surface area contributed by atoms with Crippen LogP contribution in [0, 0.1) is 0 Å². The van der Waals surface area contributed by atoms with Crippen molar-refractivity contribution in [3.63, 3.8) is 0 Å². The van der Waals surface area contributed by atoms with E-state index < -0.39 is 0 Å². The van der Waals surface area contributed by atoms with Gasteiger partial charge in [-0.25, -0.2) is 0 Å². The minimum atomic E-state index is 0.811. The van der Waals surface area contributed by atoms with Gasteiger partial charge in [0, 0.05) is 25.7 Å². The van der Waals surface area contributed by atoms with Crippen molar-refractivity contribution in [2.75, 3.05) is 39.8 Å². The average Bonchev–Trinajstić information content (AvgIpc) is 3.44. The fraction of sp³-hybridized carbons (Fsp3) is 0.632. The molecule has 1 saturated carbocycles. The third kappa shape index (κ3) is 6.04. The van der Waals surface area contributed by atoms with Crippen molar-refractivity contribution >= 4 is 5.96 Å². The number of nitrogens with one attached hydrogen (secondary N) is 2. The molecule has 0 unspecified atom stereocenters. The van der Waals surface area contributed by atoms with Crippen LogP contribution < -0.4 is 15.4 Å². The molecule has 0 spiro atoms. The van der Waals surface area contributed by atoms with Gasteiger partial charge >= 0.3 is 0 Å². The summed E-state index contributed by atoms with van der Waals surface area (Å²) in [6.07, 6.45) is 3.63. The van der Waals surface area contributed by atoms with Crippen LogP contribution in [0.25, 0.3) is 0 Å². The van der Waals surface area contributed by atoms with E-state index >= 15 is 0 Å². The standard InChI is InChI=1S/C19H32N4O/c1-4-20-19(22-14-15-23(5-2)17-10-11-17)21-13-12-16-8-6-7-9-18(16)24-3/h6-9,17H,4-5,10-15H2,1-3H3,(H2,20,21,22). The van der Waals surface area contributed by atoms with Crippen LogP contribution in [0.3, 0.4) is 0 Å². The largest absolute Gasteiger partial charge is 0.496 e. The number of para-hydroxylation sites is 1. The maximum absolute atomic E-state index is 5.40. The summed E-state index contributed by atoms with van der Waals surface area (Å²) in [6.45, 7) is 9.06. The number of hydrogen-bond acceptors (Lipinski definition) is 3. The molecule has 0 bridgehead atoms. The number of benzene rings is 1. The third-order valence-corrected chi connectivity index (χ3v) is 4.35. The smallest absolute Gasteiger partial charge is 0.191 e. The molecule has 134 valence electrons. The lowest BCUT2D eigenvalue weighted by atomic mass is 10.1. The summed E-state index contributed by atoms with van der Waals surface area (Å²) >= 11 is 0. The van der Waals surface area contributed by atoms with Gasteiger partial charge < -0.3 is 15.4 Å². The first-order valence-corrected chi connectivity index (χ1v) is 9.16. The molecule has 0 radical (unpaired) electrons. The molecular formula is C19H32N4O. The zero-order valence-corrected chi connectivity index (χ0v) is 15.3. The molecular weight excluding hydrogens is 300 g/mol. The Balaban J connectivity index is 1.78. The highest BCUT2D eigenvalue weighted by Gasteiger charge is 2.27. The van der Waals surface area contributed by atoms with Gasteiger partial charge in [0.2, 0.25) is 0 Å². The molecule has 0 heterocycles. The number of ether oxygens (including phenoxy) is 1. The molecule has 5 nitrogen and oxygen atoms in total. The molecule has 5 heteroatoms. The van der Waals surface area contributed by atoms with Crippen LogP contribution >= 0.6 is 0 Å². The number of guanidine groups is 1. The Hall–Kier alpha value is -1.75. The van der Waals surface area contributed by atoms with Gasteiger partial charge in [0.25, 0.3) is 0 Å². The van der Waals surface area contributed by atoms with Crippen molar-refractivity contribution in [3.05, 3.63) is 29.8 Å². The molecule has 1 aliphatic carbocycles. The normalized spacial score (nSPS) is 14.8. The van der Waals surface area contributed by atoms with Crippen LogP contribution in [0.2, 0.25) is 0 Å². The molecule has 1 fully saturated rings. The Morgan fingerprint density at radius 1 is 1.25 bits per heavy atom. The minimum absolute atomic E-state index is 0.811. The lowest BCUT2D eigenvalue weighted by molar-refractivity contribution is 0.286. The molecule has 0 aromatic heterocycles. The monoisotopic (exact) mass is 332 g/mol. The van der Waals surface area contributed by atoms with Crippen LogP contribution in [0.4, 0.5) is 0 Å². The summed E-state index contributed by atoms with van der Waals surface area (Å²) in [5.74, 6) is 1.85. The fourth-order valence-electron chi connectivity index (χ4n) is 2.90. The molecule has 0 amide bonds. The van der Waals surface area contributed by atoms with Gasteiger partial charge in [-0.2, -0.15) is 0 Å². The SMILES string of the molecule is CCNC(=NCCN(CC)C1CC1)NCCc1ccccc1OC. The highest BCUT2D eigenvalue weighted by molar-refractivity contribution is 5.79. The Bertz CT molecular complexity index is 514. The topological polar surface area (TPSA) is 48.9 Å². The molecule has 1 aromatic rings. The number of likely N-dealkylation sites (N-methyl/N-ethyl adjacent to an activating group) is 1. The van der Waals surface area contributed by atoms with Crippen molar-refractivity contribution in [2.24, 2.45) is 4.99 Å². The van der Waals surface area contributed by atoms with Crippen LogP contribution in [-0.2, 0) is 6.42 Å². The number of nitrogens with zero attached hydrogens (tertiary/aromatic N) is 2. The van der Waals surface area contributed by atoms with Gasteiger partial charge in [-0.3, -0.25) is 9.89 Å². The van der Waals surface area contributed by atoms with E-state index in [1.165, 1.54) is 18.4 Å². The van der Waals surface area contributed by atoms with Crippen molar-refractivity contribution < 1.29 is 4.74 Å². The summed E-state index contributed by atoms with van der Waals surface area (Å²) in [7, 11) is 1.72. The van der Waals surface area contributed by atoms with Gasteiger partial charge in [0.1, 0.15) is 5.75 Å². The zero-order chi connectivity index (χ0) is 17.2. The van der Waals surface area contributed by atoms with Crippen LogP contribution in [0.5, 0.6) is 5.75 Å². The fourth-order valence-corrected chi connectivity index (χ4v) is 2.90. The van der Waals surface area contributed by atoms with Crippen LogP contribution in [0.15, 0.2) is 29.3 Å². The Labute approximate surface area is 146 Å². The van der Waals surface area contributed by atoms with E-state index in [0.717, 1.165) is 56.9 Å². The van der Waals surface area contributed by atoms with E-state index in [2.05, 4.69) is 35.4 Å². The summed E-state index contributed by atoms with van der Waals surface area (Å²) in [5, 5.41) is 6.75. The van der Waals surface area contributed by atoms with Crippen LogP contribution in [0.1, 0.15) is 32.3 Å². The van der Waals surface area contributed by atoms with Gasteiger partial charge in [-0.1, -0.05) is 25.1 Å². The lowest BCUT2D eigenvalue weighted by Crippen LogP contribution is -2.39. The first kappa shape index (κ1) is 18.6. The Morgan fingerprint density at radius 2 is 2.04 bits per heavy atom. The molecule has 0 saturated heterocycles. The summed E-state index contributed by atoms with van der Waals surface area (Å²) in [5.41, 5.74) is 1.22. The predicted molar refractivity (Wildman–Crippen MR) is 101 cm³/mol. The van der Waals surface area contributed by atoms with Crippen molar-refractivity contribution in [1.82, 2.24) is 15.5 Å². The van der Waals surface area contributed by atoms with E-state index in [-0.39, 0.29) is 0 Å². The van der Waals surface area contributed by atoms with Gasteiger partial charge in [-0.05, 0) is 44.4 Å². The molecule has 2 rings (SSSR count). The van der Waals surface area contributed by atoms with Crippen molar-refractivity contribution in [1.29, 1.82) is 0 Å². The minimum Gasteiger partial charge on any atom is -0.496 e. The third-order valence-electron chi connectivity index (χ3n) is 4.35. The highest BCUT2D eigenvalue weighted by atomic mass is 16.5. The second kappa shape index (κ2) is 10.2. The second-order valence-electron chi connectivity index (χ2n) is 6.11. The number of aliphatic imine (C=N–C) groups is 1. The van der Waals surface area contributed by atoms with Gasteiger partial charge in [0.05, 0.1) is 13.7 Å². The van der Waals surface area contributed by atoms with Crippen molar-refractivity contribution in [2.45, 2.75) is 39.2 Å². The van der Waals surface area contributed by atoms with E-state index in [1.54, 1.807) is 7.11 Å². The predicted octanol–water partition coefficient (Wildman–Crippen LogP) is 2.28. The maximum atomic E-state index is 5.40.